The van der Waals surface area contributed by atoms with E-state index in [2.05, 4.69) is 23.5 Å². The first-order valence-corrected chi connectivity index (χ1v) is 13.4. The van der Waals surface area contributed by atoms with Crippen molar-refractivity contribution in [1.82, 2.24) is 9.69 Å². The molecular formula is C28H36N6O5S. The van der Waals surface area contributed by atoms with Crippen LogP contribution in [0, 0.1) is 5.92 Å². The fourth-order valence-electron chi connectivity index (χ4n) is 4.04. The molecule has 0 saturated heterocycles. The van der Waals surface area contributed by atoms with Gasteiger partial charge in [-0.25, -0.2) is 0 Å². The van der Waals surface area contributed by atoms with E-state index < -0.39 is 23.8 Å². The number of rotatable bonds is 12. The number of primary amides is 1. The highest BCUT2D eigenvalue weighted by atomic mass is 32.1. The van der Waals surface area contributed by atoms with Crippen LogP contribution in [0.2, 0.25) is 0 Å². The number of benzene rings is 2. The summed E-state index contributed by atoms with van der Waals surface area (Å²) in [5, 5.41) is 2.98. The van der Waals surface area contributed by atoms with Gasteiger partial charge in [-0.3, -0.25) is 19.3 Å². The van der Waals surface area contributed by atoms with Gasteiger partial charge in [0.05, 0.1) is 25.6 Å². The number of nitrogens with zero attached hydrogens (tertiary/aromatic N) is 3. The molecule has 1 atom stereocenters. The number of hydrogen-bond donors (Lipinski definition) is 3. The second kappa shape index (κ2) is 13.2. The van der Waals surface area contributed by atoms with Crippen molar-refractivity contribution in [3.63, 3.8) is 0 Å². The van der Waals surface area contributed by atoms with E-state index in [-0.39, 0.29) is 21.9 Å². The molecule has 0 aliphatic heterocycles. The third kappa shape index (κ3) is 6.63. The number of ether oxygens (including phenoxy) is 2. The van der Waals surface area contributed by atoms with E-state index in [4.69, 9.17) is 20.9 Å². The number of amides is 3. The quantitative estimate of drug-likeness (QED) is 0.300. The van der Waals surface area contributed by atoms with E-state index in [9.17, 15) is 14.4 Å². The molecule has 1 aromatic heterocycles. The summed E-state index contributed by atoms with van der Waals surface area (Å²) in [6, 6.07) is 11.1. The summed E-state index contributed by atoms with van der Waals surface area (Å²) in [5.41, 5.74) is 12.9. The molecule has 11 nitrogen and oxygen atoms in total. The Kier molecular flexibility index (Phi) is 9.94. The molecule has 214 valence electrons. The Bertz CT molecular complexity index is 1360. The van der Waals surface area contributed by atoms with Crippen LogP contribution in [-0.4, -0.2) is 57.0 Å². The Labute approximate surface area is 238 Å². The highest BCUT2D eigenvalue weighted by Gasteiger charge is 2.37. The van der Waals surface area contributed by atoms with Crippen molar-refractivity contribution >= 4 is 46.3 Å². The van der Waals surface area contributed by atoms with Crippen LogP contribution in [0.25, 0.3) is 0 Å². The maximum atomic E-state index is 14.3. The molecule has 12 heteroatoms. The van der Waals surface area contributed by atoms with Gasteiger partial charge in [0, 0.05) is 32.4 Å². The molecular weight excluding hydrogens is 532 g/mol. The van der Waals surface area contributed by atoms with Gasteiger partial charge in [-0.2, -0.15) is 4.37 Å². The van der Waals surface area contributed by atoms with Crippen LogP contribution in [0.4, 0.5) is 17.1 Å². The molecule has 3 aromatic rings. The van der Waals surface area contributed by atoms with Crippen LogP contribution in [0.5, 0.6) is 11.5 Å². The van der Waals surface area contributed by atoms with Crippen molar-refractivity contribution in [2.45, 2.75) is 26.3 Å². The normalized spacial score (nSPS) is 11.6. The van der Waals surface area contributed by atoms with Gasteiger partial charge >= 0.3 is 0 Å². The van der Waals surface area contributed by atoms with Gasteiger partial charge in [-0.05, 0) is 53.7 Å². The number of nitrogens with one attached hydrogen (secondary N) is 1. The van der Waals surface area contributed by atoms with Crippen molar-refractivity contribution in [2.24, 2.45) is 11.7 Å². The highest BCUT2D eigenvalue weighted by molar-refractivity contribution is 7.09. The minimum Gasteiger partial charge on any atom is -0.497 e. The Morgan fingerprint density at radius 2 is 1.73 bits per heavy atom. The van der Waals surface area contributed by atoms with Crippen LogP contribution in [0.15, 0.2) is 42.5 Å². The maximum Gasteiger partial charge on any atom is 0.273 e. The van der Waals surface area contributed by atoms with Crippen LogP contribution in [0.3, 0.4) is 0 Å². The maximum absolute atomic E-state index is 14.3. The summed E-state index contributed by atoms with van der Waals surface area (Å²) < 4.78 is 15.0. The molecule has 2 aromatic carbocycles. The zero-order valence-electron chi connectivity index (χ0n) is 23.6. The molecule has 5 N–H and O–H groups in total. The van der Waals surface area contributed by atoms with Gasteiger partial charge in [-0.15, -0.1) is 0 Å². The monoisotopic (exact) mass is 568 g/mol. The molecule has 0 bridgehead atoms. The molecule has 0 spiro atoms. The number of carbonyl (C=O) groups is 3. The Hall–Kier alpha value is -4.32. The minimum atomic E-state index is -1.14. The molecule has 0 aliphatic rings. The molecule has 0 radical (unpaired) electrons. The van der Waals surface area contributed by atoms with E-state index in [1.807, 2.05) is 31.1 Å². The Morgan fingerprint density at radius 3 is 2.25 bits per heavy atom. The van der Waals surface area contributed by atoms with E-state index in [0.717, 1.165) is 23.6 Å². The fraction of sp³-hybridized carbons (Fsp3) is 0.357. The summed E-state index contributed by atoms with van der Waals surface area (Å²) in [4.78, 5) is 43.3. The lowest BCUT2D eigenvalue weighted by atomic mass is 10.0. The predicted octanol–water partition coefficient (Wildman–Crippen LogP) is 3.46. The van der Waals surface area contributed by atoms with E-state index in [1.54, 1.807) is 30.3 Å². The molecule has 40 heavy (non-hydrogen) atoms. The molecule has 1 unspecified atom stereocenters. The predicted molar refractivity (Wildman–Crippen MR) is 157 cm³/mol. The van der Waals surface area contributed by atoms with E-state index in [0.29, 0.717) is 29.5 Å². The van der Waals surface area contributed by atoms with Crippen LogP contribution >= 0.6 is 11.5 Å². The van der Waals surface area contributed by atoms with Crippen molar-refractivity contribution in [3.8, 4) is 11.5 Å². The summed E-state index contributed by atoms with van der Waals surface area (Å²) in [5.74, 6) is -0.813. The van der Waals surface area contributed by atoms with Crippen LogP contribution < -0.4 is 36.1 Å². The number of carbonyl (C=O) groups excluding carboxylic acids is 3. The largest absolute Gasteiger partial charge is 0.497 e. The van der Waals surface area contributed by atoms with E-state index in [1.165, 1.54) is 19.1 Å². The minimum absolute atomic E-state index is 0.0384. The van der Waals surface area contributed by atoms with Crippen LogP contribution in [0.1, 0.15) is 52.0 Å². The average Bonchev–Trinajstić information content (AvgIpc) is 3.32. The summed E-state index contributed by atoms with van der Waals surface area (Å²) in [6.07, 6.45) is 0.748. The number of anilines is 3. The first-order valence-electron chi connectivity index (χ1n) is 12.7. The molecule has 0 saturated carbocycles. The highest BCUT2D eigenvalue weighted by Crippen LogP contribution is 2.40. The first kappa shape index (κ1) is 30.2. The van der Waals surface area contributed by atoms with Gasteiger partial charge in [0.1, 0.15) is 22.4 Å². The van der Waals surface area contributed by atoms with Crippen LogP contribution in [-0.2, 0) is 4.79 Å². The lowest BCUT2D eigenvalue weighted by Gasteiger charge is -2.32. The molecule has 0 fully saturated rings. The number of hydrogen-bond acceptors (Lipinski definition) is 9. The molecule has 0 aliphatic carbocycles. The fourth-order valence-corrected chi connectivity index (χ4v) is 4.78. The van der Waals surface area contributed by atoms with Gasteiger partial charge in [-0.1, -0.05) is 26.0 Å². The van der Waals surface area contributed by atoms with Gasteiger partial charge in [0.15, 0.2) is 5.69 Å². The first-order chi connectivity index (χ1) is 19.0. The van der Waals surface area contributed by atoms with Crippen molar-refractivity contribution in [1.29, 1.82) is 0 Å². The second-order valence-electron chi connectivity index (χ2n) is 9.71. The zero-order chi connectivity index (χ0) is 29.6. The smallest absolute Gasteiger partial charge is 0.273 e. The SMILES string of the molecule is COc1ccc(OC)c(N(C(=O)c2snc(C(N)=O)c2N)C(C(=O)NCCC(C)C)c2ccc(N(C)C)cc2)c1. The number of nitrogen functional groups attached to an aromatic ring is 1. The summed E-state index contributed by atoms with van der Waals surface area (Å²) >= 11 is 0.734. The topological polar surface area (TPSA) is 153 Å². The van der Waals surface area contributed by atoms with Gasteiger partial charge in [0.2, 0.25) is 5.91 Å². The summed E-state index contributed by atoms with van der Waals surface area (Å²) in [6.45, 7) is 4.53. The standard InChI is InChI=1S/C28H36N6O5S/c1-16(2)13-14-31-27(36)24(17-7-9-18(10-8-17)33(3)4)34(20-15-19(38-5)11-12-21(20)39-6)28(37)25-22(29)23(26(30)35)32-40-25/h7-12,15-16,24H,13-14,29H2,1-6H3,(H2,30,35)(H,31,36). The Morgan fingerprint density at radius 1 is 1.05 bits per heavy atom. The summed E-state index contributed by atoms with van der Waals surface area (Å²) in [7, 11) is 6.77. The van der Waals surface area contributed by atoms with Crippen molar-refractivity contribution in [2.75, 3.05) is 50.4 Å². The average molecular weight is 569 g/mol. The van der Waals surface area contributed by atoms with Gasteiger partial charge < -0.3 is 31.2 Å². The van der Waals surface area contributed by atoms with E-state index >= 15 is 0 Å². The van der Waals surface area contributed by atoms with Crippen molar-refractivity contribution < 1.29 is 23.9 Å². The number of aromatic nitrogens is 1. The third-order valence-corrected chi connectivity index (χ3v) is 7.12. The number of nitrogens with two attached hydrogens (primary N) is 2. The number of methoxy groups -OCH3 is 2. The lowest BCUT2D eigenvalue weighted by Crippen LogP contribution is -2.44. The second-order valence-corrected chi connectivity index (χ2v) is 10.5. The zero-order valence-corrected chi connectivity index (χ0v) is 24.4. The van der Waals surface area contributed by atoms with Gasteiger partial charge in [0.25, 0.3) is 11.8 Å². The third-order valence-electron chi connectivity index (χ3n) is 6.27. The Balaban J connectivity index is 2.27. The van der Waals surface area contributed by atoms with Crippen molar-refractivity contribution in [3.05, 3.63) is 58.6 Å². The molecule has 1 heterocycles. The molecule has 3 rings (SSSR count). The molecule has 3 amide bonds. The lowest BCUT2D eigenvalue weighted by molar-refractivity contribution is -0.122.